The summed E-state index contributed by atoms with van der Waals surface area (Å²) in [5.41, 5.74) is 2.20. The highest BCUT2D eigenvalue weighted by Gasteiger charge is 2.28. The number of hydrogen-bond donors (Lipinski definition) is 1. The number of aromatic nitrogens is 3. The van der Waals surface area contributed by atoms with Gasteiger partial charge < -0.3 is 19.2 Å². The van der Waals surface area contributed by atoms with Crippen LogP contribution in [0.3, 0.4) is 0 Å². The van der Waals surface area contributed by atoms with E-state index in [0.717, 1.165) is 11.3 Å². The average Bonchev–Trinajstić information content (AvgIpc) is 3.20. The molecule has 0 spiro atoms. The average molecular weight is 442 g/mol. The van der Waals surface area contributed by atoms with Crippen molar-refractivity contribution in [3.8, 4) is 11.6 Å². The highest BCUT2D eigenvalue weighted by molar-refractivity contribution is 6.04. The number of anilines is 1. The first kappa shape index (κ1) is 21.2. The van der Waals surface area contributed by atoms with Gasteiger partial charge in [-0.1, -0.05) is 12.1 Å². The summed E-state index contributed by atoms with van der Waals surface area (Å²) in [5.74, 6) is -0.125. The number of carbonyl (C=O) groups excluding carboxylic acids is 1. The third-order valence-corrected chi connectivity index (χ3v) is 4.27. The Hall–Kier alpha value is -4.08. The molecule has 0 aliphatic rings. The van der Waals surface area contributed by atoms with Gasteiger partial charge >= 0.3 is 6.18 Å². The molecule has 0 aliphatic heterocycles. The van der Waals surface area contributed by atoms with Gasteiger partial charge in [0.15, 0.2) is 6.61 Å². The third kappa shape index (κ3) is 5.54. The first-order valence-corrected chi connectivity index (χ1v) is 9.48. The summed E-state index contributed by atoms with van der Waals surface area (Å²) >= 11 is 0. The van der Waals surface area contributed by atoms with E-state index in [1.807, 2.05) is 35.0 Å². The second-order valence-electron chi connectivity index (χ2n) is 6.76. The zero-order chi connectivity index (χ0) is 22.6. The molecule has 4 rings (SSSR count). The number of alkyl halides is 3. The number of ether oxygens (including phenoxy) is 2. The number of fused-ring (bicyclic) bond motifs is 1. The van der Waals surface area contributed by atoms with Crippen molar-refractivity contribution in [3.05, 3.63) is 84.4 Å². The molecule has 32 heavy (non-hydrogen) atoms. The molecule has 0 unspecified atom stereocenters. The number of amides is 1. The highest BCUT2D eigenvalue weighted by atomic mass is 19.4. The van der Waals surface area contributed by atoms with Gasteiger partial charge in [-0.25, -0.2) is 9.97 Å². The lowest BCUT2D eigenvalue weighted by atomic mass is 10.2. The molecule has 7 nitrogen and oxygen atoms in total. The maximum absolute atomic E-state index is 12.5. The summed E-state index contributed by atoms with van der Waals surface area (Å²) in [6.07, 6.45) is 0.516. The van der Waals surface area contributed by atoms with Crippen molar-refractivity contribution in [2.75, 3.05) is 11.9 Å². The van der Waals surface area contributed by atoms with Gasteiger partial charge in [0.1, 0.15) is 18.0 Å². The molecule has 0 radical (unpaired) electrons. The van der Waals surface area contributed by atoms with Crippen LogP contribution < -0.4 is 14.8 Å². The second-order valence-corrected chi connectivity index (χ2v) is 6.76. The number of nitrogens with one attached hydrogen (secondary N) is 1. The van der Waals surface area contributed by atoms with E-state index in [2.05, 4.69) is 20.0 Å². The van der Waals surface area contributed by atoms with Crippen molar-refractivity contribution >= 4 is 17.2 Å². The van der Waals surface area contributed by atoms with E-state index in [1.54, 1.807) is 24.3 Å². The van der Waals surface area contributed by atoms with Crippen molar-refractivity contribution < 1.29 is 27.4 Å². The highest BCUT2D eigenvalue weighted by Crippen LogP contribution is 2.20. The minimum atomic E-state index is -4.45. The smallest absolute Gasteiger partial charge is 0.422 e. The molecule has 164 valence electrons. The number of hydrogen-bond acceptors (Lipinski definition) is 5. The molecule has 0 saturated heterocycles. The van der Waals surface area contributed by atoms with Gasteiger partial charge in [-0.15, -0.1) is 0 Å². The molecule has 1 N–H and O–H groups in total. The zero-order valence-electron chi connectivity index (χ0n) is 16.5. The van der Waals surface area contributed by atoms with Crippen LogP contribution in [-0.2, 0) is 6.61 Å². The third-order valence-electron chi connectivity index (χ3n) is 4.27. The van der Waals surface area contributed by atoms with Crippen LogP contribution in [-0.4, -0.2) is 33.1 Å². The van der Waals surface area contributed by atoms with Crippen molar-refractivity contribution in [1.82, 2.24) is 14.4 Å². The predicted octanol–water partition coefficient (Wildman–Crippen LogP) is 4.50. The quantitative estimate of drug-likeness (QED) is 0.456. The molecule has 0 atom stereocenters. The first-order valence-electron chi connectivity index (χ1n) is 9.48. The summed E-state index contributed by atoms with van der Waals surface area (Å²) in [7, 11) is 0. The Morgan fingerprint density at radius 3 is 2.69 bits per heavy atom. The maximum atomic E-state index is 12.5. The van der Waals surface area contributed by atoms with E-state index < -0.39 is 18.7 Å². The fourth-order valence-corrected chi connectivity index (χ4v) is 2.84. The molecule has 0 aliphatic carbocycles. The lowest BCUT2D eigenvalue weighted by molar-refractivity contribution is -0.154. The lowest BCUT2D eigenvalue weighted by Gasteiger charge is -2.10. The Morgan fingerprint density at radius 2 is 1.94 bits per heavy atom. The van der Waals surface area contributed by atoms with Crippen LogP contribution in [0.4, 0.5) is 18.9 Å². The minimum absolute atomic E-state index is 0.192. The number of imidazole rings is 1. The molecular formula is C22H17F3N4O3. The van der Waals surface area contributed by atoms with Gasteiger partial charge in [0.2, 0.25) is 5.88 Å². The minimum Gasteiger partial charge on any atom is -0.487 e. The first-order chi connectivity index (χ1) is 15.4. The van der Waals surface area contributed by atoms with E-state index in [0.29, 0.717) is 17.0 Å². The molecule has 4 aromatic rings. The predicted molar refractivity (Wildman–Crippen MR) is 110 cm³/mol. The molecule has 3 aromatic heterocycles. The van der Waals surface area contributed by atoms with Crippen molar-refractivity contribution in [1.29, 1.82) is 0 Å². The summed E-state index contributed by atoms with van der Waals surface area (Å²) in [6, 6.07) is 14.9. The number of nitrogens with zero attached hydrogens (tertiary/aromatic N) is 3. The summed E-state index contributed by atoms with van der Waals surface area (Å²) < 4.78 is 48.7. The van der Waals surface area contributed by atoms with Gasteiger partial charge in [0, 0.05) is 24.0 Å². The normalized spacial score (nSPS) is 11.3. The fraction of sp³-hybridized carbons (Fsp3) is 0.136. The van der Waals surface area contributed by atoms with Crippen LogP contribution in [0.15, 0.2) is 73.2 Å². The molecule has 3 heterocycles. The second kappa shape index (κ2) is 8.96. The fourth-order valence-electron chi connectivity index (χ4n) is 2.84. The number of rotatable bonds is 7. The molecule has 0 bridgehead atoms. The Morgan fingerprint density at radius 1 is 1.06 bits per heavy atom. The Kier molecular flexibility index (Phi) is 5.93. The molecule has 1 amide bonds. The molecule has 0 saturated carbocycles. The van der Waals surface area contributed by atoms with E-state index in [9.17, 15) is 18.0 Å². The topological polar surface area (TPSA) is 77.8 Å². The molecule has 10 heteroatoms. The van der Waals surface area contributed by atoms with E-state index in [1.165, 1.54) is 18.3 Å². The molecule has 1 aromatic carbocycles. The Labute approximate surface area is 180 Å². The van der Waals surface area contributed by atoms with Crippen LogP contribution in [0.25, 0.3) is 5.65 Å². The van der Waals surface area contributed by atoms with Gasteiger partial charge in [-0.05, 0) is 36.4 Å². The van der Waals surface area contributed by atoms with Crippen LogP contribution in [0, 0.1) is 0 Å². The largest absolute Gasteiger partial charge is 0.487 e. The number of halogens is 3. The van der Waals surface area contributed by atoms with Crippen LogP contribution in [0.5, 0.6) is 11.6 Å². The number of benzene rings is 1. The zero-order valence-corrected chi connectivity index (χ0v) is 16.5. The van der Waals surface area contributed by atoms with Crippen LogP contribution in [0.1, 0.15) is 16.1 Å². The standard InChI is InChI=1S/C22H17F3N4O3/c23-22(24,25)14-32-20-8-7-16(11-26-20)28-21(30)15-4-3-5-18(10-15)31-13-17-12-29-9-2-1-6-19(29)27-17/h1-12H,13-14H2,(H,28,30). The Bertz CT molecular complexity index is 1190. The summed E-state index contributed by atoms with van der Waals surface area (Å²) in [4.78, 5) is 20.7. The van der Waals surface area contributed by atoms with Crippen molar-refractivity contribution in [2.24, 2.45) is 0 Å². The van der Waals surface area contributed by atoms with Crippen molar-refractivity contribution in [3.63, 3.8) is 0 Å². The van der Waals surface area contributed by atoms with Gasteiger partial charge in [0.25, 0.3) is 5.91 Å². The SMILES string of the molecule is O=C(Nc1ccc(OCC(F)(F)F)nc1)c1cccc(OCc2cn3ccccc3n2)c1. The lowest BCUT2D eigenvalue weighted by Crippen LogP contribution is -2.19. The summed E-state index contributed by atoms with van der Waals surface area (Å²) in [6.45, 7) is -1.20. The van der Waals surface area contributed by atoms with Crippen LogP contribution >= 0.6 is 0 Å². The van der Waals surface area contributed by atoms with E-state index in [4.69, 9.17) is 4.74 Å². The van der Waals surface area contributed by atoms with Crippen LogP contribution in [0.2, 0.25) is 0 Å². The molecule has 0 fully saturated rings. The molecular weight excluding hydrogens is 425 g/mol. The van der Waals surface area contributed by atoms with Crippen molar-refractivity contribution in [2.45, 2.75) is 12.8 Å². The number of pyridine rings is 2. The Balaban J connectivity index is 1.35. The number of carbonyl (C=O) groups is 1. The van der Waals surface area contributed by atoms with Gasteiger partial charge in [-0.2, -0.15) is 13.2 Å². The van der Waals surface area contributed by atoms with E-state index >= 15 is 0 Å². The summed E-state index contributed by atoms with van der Waals surface area (Å²) in [5, 5.41) is 2.63. The monoisotopic (exact) mass is 442 g/mol. The van der Waals surface area contributed by atoms with Gasteiger partial charge in [-0.3, -0.25) is 4.79 Å². The van der Waals surface area contributed by atoms with E-state index in [-0.39, 0.29) is 12.5 Å². The maximum Gasteiger partial charge on any atom is 0.422 e. The van der Waals surface area contributed by atoms with Gasteiger partial charge in [0.05, 0.1) is 17.6 Å².